The van der Waals surface area contributed by atoms with Crippen LogP contribution in [0.4, 0.5) is 0 Å². The van der Waals surface area contributed by atoms with Crippen LogP contribution in [-0.4, -0.2) is 15.9 Å². The molecule has 0 aromatic carbocycles. The average Bonchev–Trinajstić information content (AvgIpc) is 2.54. The summed E-state index contributed by atoms with van der Waals surface area (Å²) in [6.07, 6.45) is 7.39. The molecule has 5 heteroatoms. The van der Waals surface area contributed by atoms with Crippen molar-refractivity contribution in [1.29, 1.82) is 0 Å². The second kappa shape index (κ2) is 5.91. The van der Waals surface area contributed by atoms with Gasteiger partial charge in [-0.05, 0) is 30.7 Å². The molecular weight excluding hydrogens is 278 g/mol. The number of H-pyrrole nitrogens is 1. The quantitative estimate of drug-likeness (QED) is 0.913. The van der Waals surface area contributed by atoms with Gasteiger partial charge in [-0.25, -0.2) is 0 Å². The predicted octanol–water partition coefficient (Wildman–Crippen LogP) is 2.71. The largest absolute Gasteiger partial charge is 0.364 e. The number of rotatable bonds is 3. The van der Waals surface area contributed by atoms with Gasteiger partial charge in [0.25, 0.3) is 5.91 Å². The summed E-state index contributed by atoms with van der Waals surface area (Å²) in [5, 5.41) is 0.293. The number of aromatic amines is 1. The number of nitrogens with one attached hydrogen (secondary N) is 1. The van der Waals surface area contributed by atoms with Crippen LogP contribution in [-0.2, 0) is 0 Å². The van der Waals surface area contributed by atoms with Gasteiger partial charge in [0.15, 0.2) is 5.43 Å². The van der Waals surface area contributed by atoms with Gasteiger partial charge in [0.1, 0.15) is 5.69 Å². The van der Waals surface area contributed by atoms with Gasteiger partial charge in [-0.1, -0.05) is 26.2 Å². The van der Waals surface area contributed by atoms with E-state index in [9.17, 15) is 9.59 Å². The Morgan fingerprint density at radius 1 is 1.45 bits per heavy atom. The van der Waals surface area contributed by atoms with Crippen molar-refractivity contribution in [2.75, 3.05) is 0 Å². The zero-order valence-corrected chi connectivity index (χ0v) is 12.8. The summed E-state index contributed by atoms with van der Waals surface area (Å²) in [5.41, 5.74) is 6.79. The number of nitrogens with two attached hydrogens (primary N) is 1. The Morgan fingerprint density at radius 2 is 2.27 bits per heavy atom. The maximum Gasteiger partial charge on any atom is 0.268 e. The van der Waals surface area contributed by atoms with Crippen molar-refractivity contribution >= 4 is 16.8 Å². The highest BCUT2D eigenvalue weighted by atomic mass is 16.1. The molecule has 0 bridgehead atoms. The molecule has 2 aromatic rings. The second-order valence-electron chi connectivity index (χ2n) is 6.17. The highest BCUT2D eigenvalue weighted by molar-refractivity contribution is 6.03. The Kier molecular flexibility index (Phi) is 3.96. The van der Waals surface area contributed by atoms with Crippen molar-refractivity contribution in [3.05, 3.63) is 39.9 Å². The lowest BCUT2D eigenvalue weighted by molar-refractivity contribution is 0.0997. The van der Waals surface area contributed by atoms with Gasteiger partial charge in [-0.3, -0.25) is 14.6 Å². The summed E-state index contributed by atoms with van der Waals surface area (Å²) in [4.78, 5) is 31.2. The molecule has 1 amide bonds. The fourth-order valence-corrected chi connectivity index (χ4v) is 3.57. The van der Waals surface area contributed by atoms with E-state index in [-0.39, 0.29) is 11.1 Å². The third-order valence-electron chi connectivity index (χ3n) is 4.80. The minimum atomic E-state index is -0.674. The molecule has 2 unspecified atom stereocenters. The lowest BCUT2D eigenvalue weighted by Gasteiger charge is -2.28. The molecule has 1 aliphatic rings. The van der Waals surface area contributed by atoms with Crippen LogP contribution >= 0.6 is 0 Å². The minimum Gasteiger partial charge on any atom is -0.364 e. The highest BCUT2D eigenvalue weighted by Gasteiger charge is 2.24. The number of amides is 1. The Hall–Kier alpha value is -2.17. The first-order valence-corrected chi connectivity index (χ1v) is 7.92. The summed E-state index contributed by atoms with van der Waals surface area (Å²) < 4.78 is 0. The van der Waals surface area contributed by atoms with Gasteiger partial charge in [0, 0.05) is 18.0 Å². The molecular formula is C17H21N3O2. The standard InChI is InChI=1S/C17H21N3O2/c1-2-10-4-3-5-11(8-10)13-9-14(21)15-12(20-13)6-7-19-16(15)17(18)22/h6-7,9-11H,2-5,8H2,1H3,(H2,18,22)(H,20,21). The fraction of sp³-hybridized carbons (Fsp3) is 0.471. The second-order valence-corrected chi connectivity index (χ2v) is 6.17. The fourth-order valence-electron chi connectivity index (χ4n) is 3.57. The van der Waals surface area contributed by atoms with Gasteiger partial charge >= 0.3 is 0 Å². The minimum absolute atomic E-state index is 0.0420. The zero-order chi connectivity index (χ0) is 15.7. The molecule has 1 fully saturated rings. The van der Waals surface area contributed by atoms with E-state index in [0.29, 0.717) is 16.8 Å². The first-order chi connectivity index (χ1) is 10.6. The van der Waals surface area contributed by atoms with E-state index in [1.54, 1.807) is 12.1 Å². The maximum absolute atomic E-state index is 12.5. The Morgan fingerprint density at radius 3 is 3.00 bits per heavy atom. The topological polar surface area (TPSA) is 88.8 Å². The molecule has 116 valence electrons. The molecule has 1 saturated carbocycles. The van der Waals surface area contributed by atoms with Crippen LogP contribution in [0.15, 0.2) is 23.1 Å². The van der Waals surface area contributed by atoms with Crippen molar-refractivity contribution in [1.82, 2.24) is 9.97 Å². The third-order valence-corrected chi connectivity index (χ3v) is 4.80. The zero-order valence-electron chi connectivity index (χ0n) is 12.8. The molecule has 3 rings (SSSR count). The SMILES string of the molecule is CCC1CCCC(c2cc(=O)c3c(C(N)=O)nccc3[nH]2)C1. The normalized spacial score (nSPS) is 21.9. The van der Waals surface area contributed by atoms with Gasteiger partial charge < -0.3 is 10.7 Å². The lowest BCUT2D eigenvalue weighted by atomic mass is 9.78. The Labute approximate surface area is 128 Å². The maximum atomic E-state index is 12.5. The van der Waals surface area contributed by atoms with E-state index in [2.05, 4.69) is 16.9 Å². The number of primary amides is 1. The van der Waals surface area contributed by atoms with Crippen molar-refractivity contribution in [2.24, 2.45) is 11.7 Å². The first kappa shape index (κ1) is 14.8. The molecule has 5 nitrogen and oxygen atoms in total. The van der Waals surface area contributed by atoms with Crippen molar-refractivity contribution in [3.63, 3.8) is 0 Å². The molecule has 3 N–H and O–H groups in total. The van der Waals surface area contributed by atoms with E-state index in [0.717, 1.165) is 24.5 Å². The van der Waals surface area contributed by atoms with Crippen molar-refractivity contribution in [2.45, 2.75) is 44.9 Å². The summed E-state index contributed by atoms with van der Waals surface area (Å²) >= 11 is 0. The van der Waals surface area contributed by atoms with Crippen LogP contribution in [0, 0.1) is 5.92 Å². The van der Waals surface area contributed by atoms with Gasteiger partial charge in [-0.2, -0.15) is 0 Å². The van der Waals surface area contributed by atoms with Gasteiger partial charge in [-0.15, -0.1) is 0 Å². The number of carbonyl (C=O) groups is 1. The number of pyridine rings is 2. The number of hydrogen-bond acceptors (Lipinski definition) is 3. The molecule has 1 aliphatic carbocycles. The summed E-state index contributed by atoms with van der Waals surface area (Å²) in [5.74, 6) is 0.449. The van der Waals surface area contributed by atoms with Crippen molar-refractivity contribution in [3.8, 4) is 0 Å². The summed E-state index contributed by atoms with van der Waals surface area (Å²) in [6, 6.07) is 3.35. The lowest BCUT2D eigenvalue weighted by Crippen LogP contribution is -2.20. The number of nitrogens with zero attached hydrogens (tertiary/aromatic N) is 1. The number of aromatic nitrogens is 2. The smallest absolute Gasteiger partial charge is 0.268 e. The monoisotopic (exact) mass is 299 g/mol. The van der Waals surface area contributed by atoms with Crippen LogP contribution in [0.3, 0.4) is 0 Å². The molecule has 0 radical (unpaired) electrons. The Bertz CT molecular complexity index is 766. The number of hydrogen-bond donors (Lipinski definition) is 2. The van der Waals surface area contributed by atoms with Gasteiger partial charge in [0.05, 0.1) is 10.9 Å². The molecule has 22 heavy (non-hydrogen) atoms. The molecule has 2 aromatic heterocycles. The molecule has 2 heterocycles. The number of carbonyl (C=O) groups excluding carboxylic acids is 1. The summed E-state index contributed by atoms with van der Waals surface area (Å²) in [6.45, 7) is 2.22. The molecule has 0 aliphatic heterocycles. The van der Waals surface area contributed by atoms with Crippen LogP contribution in [0.2, 0.25) is 0 Å². The van der Waals surface area contributed by atoms with E-state index in [1.807, 2.05) is 0 Å². The van der Waals surface area contributed by atoms with Crippen LogP contribution < -0.4 is 11.2 Å². The predicted molar refractivity (Wildman–Crippen MR) is 85.9 cm³/mol. The van der Waals surface area contributed by atoms with Crippen LogP contribution in [0.1, 0.15) is 61.1 Å². The molecule has 2 atom stereocenters. The molecule has 0 saturated heterocycles. The summed E-state index contributed by atoms with van der Waals surface area (Å²) in [7, 11) is 0. The van der Waals surface area contributed by atoms with E-state index < -0.39 is 5.91 Å². The van der Waals surface area contributed by atoms with E-state index >= 15 is 0 Å². The van der Waals surface area contributed by atoms with Crippen molar-refractivity contribution < 1.29 is 4.79 Å². The number of fused-ring (bicyclic) bond motifs is 1. The van der Waals surface area contributed by atoms with Crippen LogP contribution in [0.5, 0.6) is 0 Å². The first-order valence-electron chi connectivity index (χ1n) is 7.92. The highest BCUT2D eigenvalue weighted by Crippen LogP contribution is 2.36. The molecule has 0 spiro atoms. The van der Waals surface area contributed by atoms with E-state index in [1.165, 1.54) is 25.5 Å². The van der Waals surface area contributed by atoms with Crippen LogP contribution in [0.25, 0.3) is 10.9 Å². The third kappa shape index (κ3) is 2.63. The average molecular weight is 299 g/mol. The van der Waals surface area contributed by atoms with Gasteiger partial charge in [0.2, 0.25) is 0 Å². The van der Waals surface area contributed by atoms with E-state index in [4.69, 9.17) is 5.73 Å². The Balaban J connectivity index is 2.06.